The van der Waals surface area contributed by atoms with E-state index >= 15 is 0 Å². The van der Waals surface area contributed by atoms with Crippen LogP contribution in [0, 0.1) is 0 Å². The minimum atomic E-state index is -0.0585. The van der Waals surface area contributed by atoms with Crippen LogP contribution in [0.4, 0.5) is 5.82 Å². The molecule has 0 unspecified atom stereocenters. The van der Waals surface area contributed by atoms with Crippen LogP contribution in [0.5, 0.6) is 0 Å². The Hall–Kier alpha value is -1.69. The predicted molar refractivity (Wildman–Crippen MR) is 83.9 cm³/mol. The van der Waals surface area contributed by atoms with Gasteiger partial charge in [0.1, 0.15) is 11.5 Å². The zero-order chi connectivity index (χ0) is 15.2. The first kappa shape index (κ1) is 15.2. The van der Waals surface area contributed by atoms with Crippen molar-refractivity contribution in [3.05, 3.63) is 18.1 Å². The van der Waals surface area contributed by atoms with Crippen molar-refractivity contribution < 1.29 is 9.53 Å². The van der Waals surface area contributed by atoms with E-state index in [4.69, 9.17) is 4.74 Å². The van der Waals surface area contributed by atoms with E-state index in [0.717, 1.165) is 5.82 Å². The zero-order valence-corrected chi connectivity index (χ0v) is 13.0. The van der Waals surface area contributed by atoms with Gasteiger partial charge in [0, 0.05) is 19.1 Å². The fourth-order valence-corrected chi connectivity index (χ4v) is 3.07. The van der Waals surface area contributed by atoms with Crippen molar-refractivity contribution in [2.75, 3.05) is 31.6 Å². The molecule has 2 aliphatic rings. The summed E-state index contributed by atoms with van der Waals surface area (Å²) in [4.78, 5) is 22.7. The second-order valence-electron chi connectivity index (χ2n) is 6.02. The van der Waals surface area contributed by atoms with Crippen LogP contribution in [-0.4, -0.2) is 53.1 Å². The monoisotopic (exact) mass is 304 g/mol. The van der Waals surface area contributed by atoms with E-state index in [1.54, 1.807) is 17.3 Å². The molecular weight excluding hydrogens is 280 g/mol. The fourth-order valence-electron chi connectivity index (χ4n) is 3.07. The summed E-state index contributed by atoms with van der Waals surface area (Å²) >= 11 is 0. The Labute approximate surface area is 131 Å². The van der Waals surface area contributed by atoms with Crippen LogP contribution in [0.15, 0.2) is 12.4 Å². The number of carbonyl (C=O) groups excluding carboxylic acids is 1. The van der Waals surface area contributed by atoms with E-state index in [-0.39, 0.29) is 5.91 Å². The summed E-state index contributed by atoms with van der Waals surface area (Å²) in [6.45, 7) is 2.45. The van der Waals surface area contributed by atoms with Gasteiger partial charge in [-0.3, -0.25) is 4.79 Å². The van der Waals surface area contributed by atoms with Crippen LogP contribution >= 0.6 is 0 Å². The highest BCUT2D eigenvalue weighted by atomic mass is 16.5. The lowest BCUT2D eigenvalue weighted by Gasteiger charge is -2.26. The quantitative estimate of drug-likeness (QED) is 0.866. The number of hydrogen-bond donors (Lipinski definition) is 1. The summed E-state index contributed by atoms with van der Waals surface area (Å²) in [5.41, 5.74) is 0.410. The third-order valence-corrected chi connectivity index (χ3v) is 4.38. The summed E-state index contributed by atoms with van der Waals surface area (Å²) in [6.07, 6.45) is 10.9. The number of carbonyl (C=O) groups is 1. The van der Waals surface area contributed by atoms with Gasteiger partial charge in [-0.1, -0.05) is 25.7 Å². The van der Waals surface area contributed by atoms with Crippen molar-refractivity contribution in [3.63, 3.8) is 0 Å². The van der Waals surface area contributed by atoms with Gasteiger partial charge >= 0.3 is 0 Å². The minimum absolute atomic E-state index is 0.0585. The molecule has 2 fully saturated rings. The molecule has 1 aromatic heterocycles. The molecule has 6 nitrogen and oxygen atoms in total. The van der Waals surface area contributed by atoms with Gasteiger partial charge in [0.2, 0.25) is 0 Å². The van der Waals surface area contributed by atoms with Crippen molar-refractivity contribution in [1.82, 2.24) is 14.9 Å². The number of amides is 1. The molecule has 0 aromatic carbocycles. The summed E-state index contributed by atoms with van der Waals surface area (Å²) in [5.74, 6) is 0.710. The van der Waals surface area contributed by atoms with Crippen LogP contribution in [-0.2, 0) is 4.74 Å². The average molecular weight is 304 g/mol. The molecule has 1 aromatic rings. The second-order valence-corrected chi connectivity index (χ2v) is 6.02. The van der Waals surface area contributed by atoms with Crippen molar-refractivity contribution in [2.24, 2.45) is 0 Å². The molecule has 0 spiro atoms. The number of ether oxygens (including phenoxy) is 1. The highest BCUT2D eigenvalue weighted by Gasteiger charge is 2.20. The van der Waals surface area contributed by atoms with E-state index < -0.39 is 0 Å². The highest BCUT2D eigenvalue weighted by Crippen LogP contribution is 2.20. The summed E-state index contributed by atoms with van der Waals surface area (Å²) in [6, 6.07) is 0.484. The third kappa shape index (κ3) is 3.94. The Morgan fingerprint density at radius 2 is 1.82 bits per heavy atom. The number of nitrogens with one attached hydrogen (secondary N) is 1. The van der Waals surface area contributed by atoms with Crippen LogP contribution in [0.2, 0.25) is 0 Å². The fraction of sp³-hybridized carbons (Fsp3) is 0.688. The van der Waals surface area contributed by atoms with Crippen molar-refractivity contribution in [1.29, 1.82) is 0 Å². The molecule has 1 saturated carbocycles. The van der Waals surface area contributed by atoms with Crippen LogP contribution in [0.1, 0.15) is 49.0 Å². The van der Waals surface area contributed by atoms with Gasteiger partial charge in [0.05, 0.1) is 25.6 Å². The van der Waals surface area contributed by atoms with Gasteiger partial charge in [-0.25, -0.2) is 9.97 Å². The predicted octanol–water partition coefficient (Wildman–Crippen LogP) is 2.08. The summed E-state index contributed by atoms with van der Waals surface area (Å²) in [7, 11) is 0. The summed E-state index contributed by atoms with van der Waals surface area (Å²) in [5, 5.41) is 3.45. The number of anilines is 1. The Bertz CT molecular complexity index is 477. The maximum atomic E-state index is 12.3. The lowest BCUT2D eigenvalue weighted by atomic mass is 10.1. The lowest BCUT2D eigenvalue weighted by molar-refractivity contribution is 0.0298. The van der Waals surface area contributed by atoms with Gasteiger partial charge in [-0.2, -0.15) is 0 Å². The third-order valence-electron chi connectivity index (χ3n) is 4.38. The molecule has 1 N–H and O–H groups in total. The van der Waals surface area contributed by atoms with Crippen molar-refractivity contribution >= 4 is 11.7 Å². The van der Waals surface area contributed by atoms with Gasteiger partial charge in [0.25, 0.3) is 5.91 Å². The molecule has 22 heavy (non-hydrogen) atoms. The number of hydrogen-bond acceptors (Lipinski definition) is 5. The first-order valence-electron chi connectivity index (χ1n) is 8.28. The molecule has 1 aliphatic heterocycles. The van der Waals surface area contributed by atoms with Crippen LogP contribution in [0.3, 0.4) is 0 Å². The second kappa shape index (κ2) is 7.54. The Balaban J connectivity index is 1.58. The first-order chi connectivity index (χ1) is 10.8. The van der Waals surface area contributed by atoms with Gasteiger partial charge in [-0.15, -0.1) is 0 Å². The topological polar surface area (TPSA) is 67.4 Å². The van der Waals surface area contributed by atoms with Crippen LogP contribution < -0.4 is 5.32 Å². The number of nitrogens with zero attached hydrogens (tertiary/aromatic N) is 3. The van der Waals surface area contributed by atoms with Gasteiger partial charge in [-0.05, 0) is 12.8 Å². The lowest BCUT2D eigenvalue weighted by Crippen LogP contribution is -2.41. The highest BCUT2D eigenvalue weighted by molar-refractivity contribution is 5.92. The minimum Gasteiger partial charge on any atom is -0.378 e. The van der Waals surface area contributed by atoms with Gasteiger partial charge in [0.15, 0.2) is 0 Å². The van der Waals surface area contributed by atoms with E-state index in [2.05, 4.69) is 15.3 Å². The molecule has 0 radical (unpaired) electrons. The van der Waals surface area contributed by atoms with Crippen molar-refractivity contribution in [2.45, 2.75) is 44.6 Å². The molecule has 2 heterocycles. The van der Waals surface area contributed by atoms with Gasteiger partial charge < -0.3 is 15.0 Å². The molecule has 0 atom stereocenters. The Morgan fingerprint density at radius 3 is 2.45 bits per heavy atom. The average Bonchev–Trinajstić information content (AvgIpc) is 2.84. The number of rotatable bonds is 3. The normalized spacial score (nSPS) is 20.5. The largest absolute Gasteiger partial charge is 0.378 e. The first-order valence-corrected chi connectivity index (χ1v) is 8.28. The molecular formula is C16H24N4O2. The zero-order valence-electron chi connectivity index (χ0n) is 13.0. The molecule has 0 bridgehead atoms. The van der Waals surface area contributed by atoms with E-state index in [1.807, 2.05) is 0 Å². The SMILES string of the molecule is O=C(c1cnc(NC2CCCCCC2)cn1)N1CCOCC1. The Morgan fingerprint density at radius 1 is 1.09 bits per heavy atom. The summed E-state index contributed by atoms with van der Waals surface area (Å²) < 4.78 is 5.26. The van der Waals surface area contributed by atoms with E-state index in [1.165, 1.54) is 38.5 Å². The number of aromatic nitrogens is 2. The molecule has 1 amide bonds. The van der Waals surface area contributed by atoms with E-state index in [9.17, 15) is 4.79 Å². The maximum absolute atomic E-state index is 12.3. The standard InChI is InChI=1S/C16H24N4O2/c21-16(20-7-9-22-10-8-20)14-11-18-15(12-17-14)19-13-5-3-1-2-4-6-13/h11-13H,1-10H2,(H,18,19). The molecule has 3 rings (SSSR count). The molecule has 1 saturated heterocycles. The maximum Gasteiger partial charge on any atom is 0.274 e. The molecule has 120 valence electrons. The van der Waals surface area contributed by atoms with Crippen molar-refractivity contribution in [3.8, 4) is 0 Å². The molecule has 6 heteroatoms. The van der Waals surface area contributed by atoms with Crippen LogP contribution in [0.25, 0.3) is 0 Å². The molecule has 1 aliphatic carbocycles. The smallest absolute Gasteiger partial charge is 0.274 e. The number of morpholine rings is 1. The Kier molecular flexibility index (Phi) is 5.21. The van der Waals surface area contributed by atoms with E-state index in [0.29, 0.717) is 38.0 Å².